The molecule has 0 unspecified atom stereocenters. The molecule has 3 rings (SSSR count). The van der Waals surface area contributed by atoms with Crippen LogP contribution < -0.4 is 5.32 Å². The highest BCUT2D eigenvalue weighted by molar-refractivity contribution is 6.31. The maximum absolute atomic E-state index is 13.7. The van der Waals surface area contributed by atoms with Gasteiger partial charge in [0.25, 0.3) is 0 Å². The maximum atomic E-state index is 13.7. The zero-order valence-corrected chi connectivity index (χ0v) is 11.7. The Morgan fingerprint density at radius 2 is 2.10 bits per heavy atom. The van der Waals surface area contributed by atoms with E-state index in [4.69, 9.17) is 16.0 Å². The third-order valence-electron chi connectivity index (χ3n) is 3.25. The van der Waals surface area contributed by atoms with Crippen molar-refractivity contribution in [1.29, 1.82) is 0 Å². The Labute approximate surface area is 121 Å². The summed E-state index contributed by atoms with van der Waals surface area (Å²) in [5, 5.41) is 11.7. The summed E-state index contributed by atoms with van der Waals surface area (Å²) >= 11 is 5.97. The van der Waals surface area contributed by atoms with Crippen LogP contribution in [-0.4, -0.2) is 22.8 Å². The van der Waals surface area contributed by atoms with E-state index in [9.17, 15) is 4.39 Å². The molecule has 106 valence electrons. The molecule has 4 nitrogen and oxygen atoms in total. The molecule has 1 aliphatic carbocycles. The Kier molecular flexibility index (Phi) is 3.98. The molecular weight excluding hydrogens is 281 g/mol. The molecule has 1 saturated carbocycles. The first-order valence-electron chi connectivity index (χ1n) is 6.70. The lowest BCUT2D eigenvalue weighted by atomic mass is 10.1. The smallest absolute Gasteiger partial charge is 0.221 e. The van der Waals surface area contributed by atoms with E-state index in [-0.39, 0.29) is 12.2 Å². The van der Waals surface area contributed by atoms with Gasteiger partial charge in [-0.15, -0.1) is 10.2 Å². The average molecular weight is 296 g/mol. The number of nitrogens with one attached hydrogen (secondary N) is 1. The van der Waals surface area contributed by atoms with Gasteiger partial charge in [-0.1, -0.05) is 17.7 Å². The summed E-state index contributed by atoms with van der Waals surface area (Å²) in [5.74, 6) is 0.603. The third kappa shape index (κ3) is 3.35. The van der Waals surface area contributed by atoms with Crippen LogP contribution in [0.25, 0.3) is 0 Å². The molecule has 0 radical (unpaired) electrons. The van der Waals surface area contributed by atoms with Gasteiger partial charge in [0.15, 0.2) is 0 Å². The Morgan fingerprint density at radius 1 is 1.30 bits per heavy atom. The van der Waals surface area contributed by atoms with Gasteiger partial charge >= 0.3 is 0 Å². The Morgan fingerprint density at radius 3 is 2.85 bits per heavy atom. The van der Waals surface area contributed by atoms with Crippen molar-refractivity contribution in [1.82, 2.24) is 15.5 Å². The number of benzene rings is 1. The van der Waals surface area contributed by atoms with Gasteiger partial charge in [0.05, 0.1) is 6.42 Å². The van der Waals surface area contributed by atoms with Crippen molar-refractivity contribution in [3.8, 4) is 0 Å². The first kappa shape index (κ1) is 13.5. The van der Waals surface area contributed by atoms with E-state index in [1.165, 1.54) is 18.9 Å². The summed E-state index contributed by atoms with van der Waals surface area (Å²) in [5.41, 5.74) is 0.389. The standard InChI is InChI=1S/C14H15ClFN3O/c15-11-2-1-3-12(16)10(11)8-14-19-18-13(20-14)6-7-17-9-4-5-9/h1-3,9,17H,4-8H2. The zero-order chi connectivity index (χ0) is 13.9. The number of aromatic nitrogens is 2. The number of halogens is 2. The lowest BCUT2D eigenvalue weighted by Crippen LogP contribution is -2.19. The first-order valence-corrected chi connectivity index (χ1v) is 7.07. The van der Waals surface area contributed by atoms with Crippen LogP contribution in [0.1, 0.15) is 30.2 Å². The van der Waals surface area contributed by atoms with Crippen molar-refractivity contribution in [3.63, 3.8) is 0 Å². The van der Waals surface area contributed by atoms with E-state index in [2.05, 4.69) is 15.5 Å². The van der Waals surface area contributed by atoms with Crippen LogP contribution in [0.2, 0.25) is 5.02 Å². The summed E-state index contributed by atoms with van der Waals surface area (Å²) < 4.78 is 19.2. The van der Waals surface area contributed by atoms with Crippen molar-refractivity contribution < 1.29 is 8.81 Å². The molecule has 6 heteroatoms. The van der Waals surface area contributed by atoms with Gasteiger partial charge < -0.3 is 9.73 Å². The van der Waals surface area contributed by atoms with Gasteiger partial charge in [0.2, 0.25) is 11.8 Å². The lowest BCUT2D eigenvalue weighted by molar-refractivity contribution is 0.448. The number of rotatable bonds is 6. The molecule has 0 saturated heterocycles. The Bertz CT molecular complexity index is 578. The highest BCUT2D eigenvalue weighted by Crippen LogP contribution is 2.22. The molecule has 1 aromatic heterocycles. The quantitative estimate of drug-likeness (QED) is 0.890. The topological polar surface area (TPSA) is 51.0 Å². The fourth-order valence-corrected chi connectivity index (χ4v) is 2.21. The van der Waals surface area contributed by atoms with Crippen molar-refractivity contribution >= 4 is 11.6 Å². The van der Waals surface area contributed by atoms with Crippen molar-refractivity contribution in [3.05, 3.63) is 46.4 Å². The summed E-state index contributed by atoms with van der Waals surface area (Å²) in [4.78, 5) is 0. The van der Waals surface area contributed by atoms with Gasteiger partial charge in [-0.3, -0.25) is 0 Å². The monoisotopic (exact) mass is 295 g/mol. The minimum Gasteiger partial charge on any atom is -0.425 e. The fourth-order valence-electron chi connectivity index (χ4n) is 1.98. The van der Waals surface area contributed by atoms with E-state index < -0.39 is 0 Å². The molecule has 0 aliphatic heterocycles. The zero-order valence-electron chi connectivity index (χ0n) is 10.9. The predicted octanol–water partition coefficient (Wildman–Crippen LogP) is 2.75. The number of hydrogen-bond acceptors (Lipinski definition) is 4. The summed E-state index contributed by atoms with van der Waals surface area (Å²) in [7, 11) is 0. The number of nitrogens with zero attached hydrogens (tertiary/aromatic N) is 2. The van der Waals surface area contributed by atoms with Crippen LogP contribution in [0.3, 0.4) is 0 Å². The Balaban J connectivity index is 1.61. The molecule has 1 N–H and O–H groups in total. The van der Waals surface area contributed by atoms with E-state index >= 15 is 0 Å². The van der Waals surface area contributed by atoms with E-state index in [0.717, 1.165) is 6.54 Å². The van der Waals surface area contributed by atoms with Gasteiger partial charge in [-0.25, -0.2) is 4.39 Å². The molecular formula is C14H15ClFN3O. The summed E-state index contributed by atoms with van der Waals surface area (Å²) in [6.07, 6.45) is 3.41. The molecule has 1 aliphatic rings. The molecule has 0 amide bonds. The largest absolute Gasteiger partial charge is 0.425 e. The van der Waals surface area contributed by atoms with E-state index in [1.54, 1.807) is 12.1 Å². The second kappa shape index (κ2) is 5.89. The minimum absolute atomic E-state index is 0.217. The number of hydrogen-bond donors (Lipinski definition) is 1. The summed E-state index contributed by atoms with van der Waals surface area (Å²) in [6, 6.07) is 5.26. The predicted molar refractivity (Wildman–Crippen MR) is 73.2 cm³/mol. The summed E-state index contributed by atoms with van der Waals surface area (Å²) in [6.45, 7) is 0.826. The molecule has 0 spiro atoms. The molecule has 0 atom stereocenters. The van der Waals surface area contributed by atoms with Gasteiger partial charge in [-0.05, 0) is 25.0 Å². The van der Waals surface area contributed by atoms with Crippen LogP contribution in [0.4, 0.5) is 4.39 Å². The molecule has 2 aromatic rings. The third-order valence-corrected chi connectivity index (χ3v) is 3.60. The lowest BCUT2D eigenvalue weighted by Gasteiger charge is -2.02. The minimum atomic E-state index is -0.354. The van der Waals surface area contributed by atoms with Gasteiger partial charge in [0, 0.05) is 29.6 Å². The highest BCUT2D eigenvalue weighted by atomic mass is 35.5. The molecule has 1 aromatic carbocycles. The highest BCUT2D eigenvalue weighted by Gasteiger charge is 2.20. The van der Waals surface area contributed by atoms with Crippen LogP contribution in [0.5, 0.6) is 0 Å². The SMILES string of the molecule is Fc1cccc(Cl)c1Cc1nnc(CCNC2CC2)o1. The second-order valence-electron chi connectivity index (χ2n) is 4.94. The molecule has 1 fully saturated rings. The normalized spacial score (nSPS) is 14.7. The Hall–Kier alpha value is -1.46. The fraction of sp³-hybridized carbons (Fsp3) is 0.429. The van der Waals surface area contributed by atoms with Crippen LogP contribution in [0.15, 0.2) is 22.6 Å². The maximum Gasteiger partial charge on any atom is 0.221 e. The van der Waals surface area contributed by atoms with Crippen LogP contribution >= 0.6 is 11.6 Å². The first-order chi connectivity index (χ1) is 9.72. The van der Waals surface area contributed by atoms with Crippen LogP contribution in [-0.2, 0) is 12.8 Å². The van der Waals surface area contributed by atoms with Gasteiger partial charge in [0.1, 0.15) is 5.82 Å². The second-order valence-corrected chi connectivity index (χ2v) is 5.35. The molecule has 20 heavy (non-hydrogen) atoms. The van der Waals surface area contributed by atoms with Crippen LogP contribution in [0, 0.1) is 5.82 Å². The van der Waals surface area contributed by atoms with E-state index in [1.807, 2.05) is 0 Å². The van der Waals surface area contributed by atoms with Crippen molar-refractivity contribution in [2.24, 2.45) is 0 Å². The average Bonchev–Trinajstić information content (AvgIpc) is 3.13. The van der Waals surface area contributed by atoms with Crippen molar-refractivity contribution in [2.75, 3.05) is 6.54 Å². The molecule has 1 heterocycles. The van der Waals surface area contributed by atoms with Gasteiger partial charge in [-0.2, -0.15) is 0 Å². The molecule has 0 bridgehead atoms. The van der Waals surface area contributed by atoms with E-state index in [0.29, 0.717) is 34.8 Å². The van der Waals surface area contributed by atoms with Crippen molar-refractivity contribution in [2.45, 2.75) is 31.7 Å².